The molecule has 5 nitrogen and oxygen atoms in total. The number of allylic oxidation sites excluding steroid dienone is 4. The second-order valence-electron chi connectivity index (χ2n) is 8.56. The van der Waals surface area contributed by atoms with Gasteiger partial charge in [0.05, 0.1) is 31.6 Å². The van der Waals surface area contributed by atoms with Gasteiger partial charge in [-0.05, 0) is 38.5 Å². The second-order valence-corrected chi connectivity index (χ2v) is 8.56. The summed E-state index contributed by atoms with van der Waals surface area (Å²) in [4.78, 5) is 23.2. The minimum Gasteiger partial charge on any atom is -0.481 e. The molecule has 0 aromatic rings. The fourth-order valence-corrected chi connectivity index (χ4v) is 3.17. The molecule has 0 spiro atoms. The predicted octanol–water partition coefficient (Wildman–Crippen LogP) is 5.89. The number of unbranched alkanes of at least 4 members (excludes halogenated alkanes) is 8. The Labute approximate surface area is 189 Å². The van der Waals surface area contributed by atoms with Gasteiger partial charge in [-0.3, -0.25) is 9.59 Å². The first-order valence-corrected chi connectivity index (χ1v) is 11.5. The lowest BCUT2D eigenvalue weighted by atomic mass is 10.1. The van der Waals surface area contributed by atoms with Crippen LogP contribution in [0.5, 0.6) is 0 Å². The van der Waals surface area contributed by atoms with Crippen LogP contribution < -0.4 is 0 Å². The molecule has 1 N–H and O–H groups in total. The summed E-state index contributed by atoms with van der Waals surface area (Å²) in [6.45, 7) is -0.173. The van der Waals surface area contributed by atoms with Crippen LogP contribution in [-0.4, -0.2) is 55.2 Å². The summed E-state index contributed by atoms with van der Waals surface area (Å²) in [7, 11) is 2.96. The van der Waals surface area contributed by atoms with Crippen molar-refractivity contribution < 1.29 is 28.0 Å². The Balaban J connectivity index is 3.98. The molecule has 174 valence electrons. The number of hydrogen-bond acceptors (Lipinski definition) is 3. The van der Waals surface area contributed by atoms with Gasteiger partial charge in [-0.25, -0.2) is 0 Å². The van der Waals surface area contributed by atoms with Gasteiger partial charge in [0, 0.05) is 6.42 Å². The molecule has 0 aromatic heterocycles. The molecular formula is C25H46NO4+. The smallest absolute Gasteiger partial charge is 0.307 e. The van der Waals surface area contributed by atoms with E-state index in [0.29, 0.717) is 6.42 Å². The highest BCUT2D eigenvalue weighted by atomic mass is 16.5. The number of carboxylic acid groups (broad SMARTS) is 1. The number of hydrogen-bond donors (Lipinski definition) is 1. The van der Waals surface area contributed by atoms with E-state index in [4.69, 9.17) is 14.0 Å². The first-order chi connectivity index (χ1) is 15.5. The summed E-state index contributed by atoms with van der Waals surface area (Å²) in [5.74, 6) is -1.58. The van der Waals surface area contributed by atoms with E-state index in [-0.39, 0.29) is 13.0 Å². The zero-order chi connectivity index (χ0) is 25.2. The van der Waals surface area contributed by atoms with Crippen LogP contribution in [0, 0.1) is 0 Å². The van der Waals surface area contributed by atoms with E-state index in [9.17, 15) is 9.59 Å². The number of carbonyl (C=O) groups excluding carboxylic acids is 1. The molecule has 0 rings (SSSR count). The van der Waals surface area contributed by atoms with Gasteiger partial charge in [-0.2, -0.15) is 0 Å². The summed E-state index contributed by atoms with van der Waals surface area (Å²) in [5, 5.41) is 9.07. The molecule has 30 heavy (non-hydrogen) atoms. The van der Waals surface area contributed by atoms with Gasteiger partial charge in [0.2, 0.25) is 0 Å². The Morgan fingerprint density at radius 1 is 0.967 bits per heavy atom. The molecule has 0 unspecified atom stereocenters. The Morgan fingerprint density at radius 2 is 1.57 bits per heavy atom. The lowest BCUT2D eigenvalue weighted by Gasteiger charge is -2.28. The zero-order valence-electron chi connectivity index (χ0n) is 22.4. The quantitative estimate of drug-likeness (QED) is 0.121. The molecule has 0 radical (unpaired) electrons. The highest BCUT2D eigenvalue weighted by Crippen LogP contribution is 2.11. The third kappa shape index (κ3) is 21.1. The van der Waals surface area contributed by atoms with Crippen molar-refractivity contribution in [2.24, 2.45) is 0 Å². The van der Waals surface area contributed by atoms with E-state index < -0.39 is 35.9 Å². The number of quaternary nitrogens is 1. The Bertz CT molecular complexity index is 601. The van der Waals surface area contributed by atoms with Crippen molar-refractivity contribution in [3.8, 4) is 0 Å². The first kappa shape index (κ1) is 23.1. The van der Waals surface area contributed by atoms with Crippen LogP contribution in [0.2, 0.25) is 0 Å². The lowest BCUT2D eigenvalue weighted by molar-refractivity contribution is -0.873. The van der Waals surface area contributed by atoms with Crippen molar-refractivity contribution in [3.63, 3.8) is 0 Å². The maximum atomic E-state index is 12.1. The fourth-order valence-electron chi connectivity index (χ4n) is 3.17. The van der Waals surface area contributed by atoms with Crippen molar-refractivity contribution in [2.45, 2.75) is 96.5 Å². The molecule has 0 aliphatic rings. The van der Waals surface area contributed by atoms with Gasteiger partial charge >= 0.3 is 11.9 Å². The summed E-state index contributed by atoms with van der Waals surface area (Å²) in [6, 6.07) is 0. The van der Waals surface area contributed by atoms with Gasteiger partial charge in [-0.1, -0.05) is 63.3 Å². The molecule has 0 aliphatic carbocycles. The molecule has 0 fully saturated rings. The van der Waals surface area contributed by atoms with Crippen LogP contribution in [0.4, 0.5) is 0 Å². The average Bonchev–Trinajstić information content (AvgIpc) is 2.69. The number of aliphatic carboxylic acids is 1. The van der Waals surface area contributed by atoms with Crippen LogP contribution in [0.1, 0.15) is 94.5 Å². The highest BCUT2D eigenvalue weighted by Gasteiger charge is 2.24. The Kier molecular flexibility index (Phi) is 14.0. The first-order valence-electron chi connectivity index (χ1n) is 13.0. The average molecular weight is 428 g/mol. The van der Waals surface area contributed by atoms with Gasteiger partial charge in [0.15, 0.2) is 6.10 Å². The van der Waals surface area contributed by atoms with Gasteiger partial charge < -0.3 is 14.3 Å². The van der Waals surface area contributed by atoms with E-state index in [2.05, 4.69) is 31.2 Å². The summed E-state index contributed by atoms with van der Waals surface area (Å²) in [6.07, 6.45) is 19.8. The molecule has 1 atom stereocenters. The summed E-state index contributed by atoms with van der Waals surface area (Å²) in [5.41, 5.74) is 0. The van der Waals surface area contributed by atoms with E-state index in [1.165, 1.54) is 39.8 Å². The van der Waals surface area contributed by atoms with E-state index >= 15 is 0 Å². The maximum absolute atomic E-state index is 12.1. The van der Waals surface area contributed by atoms with Gasteiger partial charge in [0.1, 0.15) is 6.54 Å². The molecule has 0 saturated heterocycles. The monoisotopic (exact) mass is 427 g/mol. The molecule has 0 aromatic carbocycles. The number of ether oxygens (including phenoxy) is 1. The van der Waals surface area contributed by atoms with E-state index in [0.717, 1.165) is 38.5 Å². The van der Waals surface area contributed by atoms with E-state index in [1.807, 2.05) is 0 Å². The minimum atomic E-state index is -2.32. The van der Waals surface area contributed by atoms with Gasteiger partial charge in [-0.15, -0.1) is 0 Å². The standard InChI is InChI=1S/C25H45NO4/c1-5-6-7-8-9-10-11-12-13-14-15-16-17-18-19-20-25(29)30-23(21-24(27)28)22-26(2,3)4/h9-10,12-13,23H,5-8,11,14-22H2,1-4H3/p+1/b10-9-,13-12-/t23-/m1/s1/i2D3. The molecule has 5 heteroatoms. The number of carbonyl (C=O) groups is 2. The fraction of sp³-hybridized carbons (Fsp3) is 0.760. The summed E-state index contributed by atoms with van der Waals surface area (Å²) < 4.78 is 27.6. The summed E-state index contributed by atoms with van der Waals surface area (Å²) >= 11 is 0. The largest absolute Gasteiger partial charge is 0.481 e. The van der Waals surface area contributed by atoms with Crippen molar-refractivity contribution in [3.05, 3.63) is 24.3 Å². The Morgan fingerprint density at radius 3 is 2.17 bits per heavy atom. The highest BCUT2D eigenvalue weighted by molar-refractivity contribution is 5.71. The molecule has 0 bridgehead atoms. The number of likely N-dealkylation sites (N-methyl/N-ethyl adjacent to an activating group) is 1. The lowest BCUT2D eigenvalue weighted by Crippen LogP contribution is -2.43. The number of carboxylic acids is 1. The molecule has 0 aliphatic heterocycles. The zero-order valence-corrected chi connectivity index (χ0v) is 19.4. The van der Waals surface area contributed by atoms with Crippen molar-refractivity contribution in [2.75, 3.05) is 27.6 Å². The SMILES string of the molecule is [2H]C([2H])([2H])[N+](C)(C)C[C@@H](CC(=O)O)OC(=O)CCCCCCC/C=C\C/C=C\CCCCC. The predicted molar refractivity (Wildman–Crippen MR) is 124 cm³/mol. The molecular weight excluding hydrogens is 378 g/mol. The topological polar surface area (TPSA) is 63.6 Å². The second kappa shape index (κ2) is 18.2. The van der Waals surface area contributed by atoms with Crippen LogP contribution in [0.3, 0.4) is 0 Å². The molecule has 0 amide bonds. The molecule has 0 saturated carbocycles. The Hall–Kier alpha value is -1.62. The van der Waals surface area contributed by atoms with Crippen LogP contribution in [-0.2, 0) is 14.3 Å². The normalized spacial score (nSPS) is 15.1. The van der Waals surface area contributed by atoms with Gasteiger partial charge in [0.25, 0.3) is 0 Å². The van der Waals surface area contributed by atoms with E-state index in [1.54, 1.807) is 0 Å². The number of esters is 1. The third-order valence-corrected chi connectivity index (χ3v) is 4.69. The van der Waals surface area contributed by atoms with Crippen molar-refractivity contribution in [1.29, 1.82) is 0 Å². The van der Waals surface area contributed by atoms with Crippen LogP contribution in [0.25, 0.3) is 0 Å². The molecule has 0 heterocycles. The number of rotatable bonds is 19. The minimum absolute atomic E-state index is 0.0727. The third-order valence-electron chi connectivity index (χ3n) is 4.69. The maximum Gasteiger partial charge on any atom is 0.307 e. The van der Waals surface area contributed by atoms with Crippen LogP contribution >= 0.6 is 0 Å². The number of nitrogens with zero attached hydrogens (tertiary/aromatic N) is 1. The van der Waals surface area contributed by atoms with Crippen molar-refractivity contribution >= 4 is 11.9 Å². The van der Waals surface area contributed by atoms with Crippen LogP contribution in [0.15, 0.2) is 24.3 Å². The van der Waals surface area contributed by atoms with Crippen molar-refractivity contribution in [1.82, 2.24) is 0 Å².